The van der Waals surface area contributed by atoms with Crippen LogP contribution in [0.2, 0.25) is 15.1 Å². The van der Waals surface area contributed by atoms with E-state index in [4.69, 9.17) is 34.8 Å². The summed E-state index contributed by atoms with van der Waals surface area (Å²) in [5.74, 6) is -0.596. The maximum Gasteiger partial charge on any atom is 0.337 e. The highest BCUT2D eigenvalue weighted by molar-refractivity contribution is 6.36. The van der Waals surface area contributed by atoms with E-state index in [0.717, 1.165) is 0 Å². The number of hydrogen-bond donors (Lipinski definition) is 3. The Balaban J connectivity index is 1.95. The number of halogens is 3. The van der Waals surface area contributed by atoms with E-state index < -0.39 is 11.9 Å². The molecule has 2 rings (SSSR count). The molecule has 0 aliphatic rings. The minimum Gasteiger partial charge on any atom is -0.305 e. The molecule has 0 aliphatic heterocycles. The number of amides is 3. The van der Waals surface area contributed by atoms with E-state index in [0.29, 0.717) is 15.7 Å². The molecule has 0 fully saturated rings. The van der Waals surface area contributed by atoms with Gasteiger partial charge in [-0.05, 0) is 30.3 Å². The average Bonchev–Trinajstić information content (AvgIpc) is 2.49. The van der Waals surface area contributed by atoms with Crippen LogP contribution in [-0.4, -0.2) is 11.9 Å². The predicted molar refractivity (Wildman–Crippen MR) is 87.5 cm³/mol. The molecule has 22 heavy (non-hydrogen) atoms. The fourth-order valence-corrected chi connectivity index (χ4v) is 2.13. The first-order valence-electron chi connectivity index (χ1n) is 6.04. The molecule has 0 heterocycles. The van der Waals surface area contributed by atoms with Crippen LogP contribution < -0.4 is 16.2 Å². The molecule has 0 saturated heterocycles. The number of benzene rings is 2. The molecule has 3 N–H and O–H groups in total. The molecule has 5 nitrogen and oxygen atoms in total. The molecule has 0 saturated carbocycles. The maximum absolute atomic E-state index is 11.9. The van der Waals surface area contributed by atoms with E-state index in [-0.39, 0.29) is 10.6 Å². The van der Waals surface area contributed by atoms with E-state index in [1.807, 2.05) is 0 Å². The van der Waals surface area contributed by atoms with Crippen LogP contribution in [0.25, 0.3) is 0 Å². The lowest BCUT2D eigenvalue weighted by Gasteiger charge is -2.10. The summed E-state index contributed by atoms with van der Waals surface area (Å²) in [5, 5.41) is 3.44. The SMILES string of the molecule is O=C(NNC(=O)c1cc(Cl)ccc1Cl)Nc1ccccc1Cl. The second-order valence-corrected chi connectivity index (χ2v) is 5.39. The van der Waals surface area contributed by atoms with Crippen molar-refractivity contribution in [2.45, 2.75) is 0 Å². The minimum atomic E-state index is -0.653. The monoisotopic (exact) mass is 357 g/mol. The highest BCUT2D eigenvalue weighted by Crippen LogP contribution is 2.21. The molecule has 0 aliphatic carbocycles. The topological polar surface area (TPSA) is 70.2 Å². The van der Waals surface area contributed by atoms with E-state index in [1.54, 1.807) is 30.3 Å². The van der Waals surface area contributed by atoms with Gasteiger partial charge < -0.3 is 5.32 Å². The quantitative estimate of drug-likeness (QED) is 0.707. The molecule has 0 bridgehead atoms. The smallest absolute Gasteiger partial charge is 0.305 e. The zero-order valence-electron chi connectivity index (χ0n) is 11.0. The van der Waals surface area contributed by atoms with Crippen molar-refractivity contribution in [2.24, 2.45) is 0 Å². The van der Waals surface area contributed by atoms with E-state index >= 15 is 0 Å². The van der Waals surface area contributed by atoms with Gasteiger partial charge in [0.1, 0.15) is 0 Å². The first kappa shape index (κ1) is 16.4. The molecule has 0 atom stereocenters. The molecule has 2 aromatic carbocycles. The molecule has 8 heteroatoms. The van der Waals surface area contributed by atoms with Crippen molar-refractivity contribution in [2.75, 3.05) is 5.32 Å². The van der Waals surface area contributed by atoms with Gasteiger partial charge in [0, 0.05) is 5.02 Å². The van der Waals surface area contributed by atoms with Crippen molar-refractivity contribution in [3.8, 4) is 0 Å². The first-order chi connectivity index (χ1) is 10.5. The van der Waals surface area contributed by atoms with Crippen molar-refractivity contribution in [1.29, 1.82) is 0 Å². The lowest BCUT2D eigenvalue weighted by Crippen LogP contribution is -2.44. The van der Waals surface area contributed by atoms with Crippen LogP contribution in [0.1, 0.15) is 10.4 Å². The maximum atomic E-state index is 11.9. The Labute approximate surface area is 141 Å². The summed E-state index contributed by atoms with van der Waals surface area (Å²) in [5.41, 5.74) is 4.97. The standard InChI is InChI=1S/C14H10Cl3N3O2/c15-8-5-6-10(16)9(7-8)13(21)19-20-14(22)18-12-4-2-1-3-11(12)17/h1-7H,(H,19,21)(H2,18,20,22). The van der Waals surface area contributed by atoms with Gasteiger partial charge in [0.05, 0.1) is 21.3 Å². The number of anilines is 1. The van der Waals surface area contributed by atoms with Crippen LogP contribution in [0.15, 0.2) is 42.5 Å². The van der Waals surface area contributed by atoms with E-state index in [9.17, 15) is 9.59 Å². The fraction of sp³-hybridized carbons (Fsp3) is 0. The van der Waals surface area contributed by atoms with Gasteiger partial charge in [-0.1, -0.05) is 46.9 Å². The molecule has 2 aromatic rings. The third-order valence-corrected chi connectivity index (χ3v) is 3.48. The highest BCUT2D eigenvalue weighted by atomic mass is 35.5. The normalized spacial score (nSPS) is 9.95. The van der Waals surface area contributed by atoms with Crippen molar-refractivity contribution >= 4 is 52.4 Å². The van der Waals surface area contributed by atoms with Gasteiger partial charge in [-0.25, -0.2) is 10.2 Å². The van der Waals surface area contributed by atoms with Crippen molar-refractivity contribution in [1.82, 2.24) is 10.9 Å². The van der Waals surface area contributed by atoms with Gasteiger partial charge in [0.15, 0.2) is 0 Å². The van der Waals surface area contributed by atoms with Crippen LogP contribution >= 0.6 is 34.8 Å². The van der Waals surface area contributed by atoms with Gasteiger partial charge in [-0.3, -0.25) is 10.2 Å². The number of carbonyl (C=O) groups excluding carboxylic acids is 2. The Bertz CT molecular complexity index is 722. The zero-order valence-corrected chi connectivity index (χ0v) is 13.3. The van der Waals surface area contributed by atoms with Crippen LogP contribution in [-0.2, 0) is 0 Å². The molecule has 114 valence electrons. The number of rotatable bonds is 2. The number of nitrogens with one attached hydrogen (secondary N) is 3. The largest absolute Gasteiger partial charge is 0.337 e. The van der Waals surface area contributed by atoms with Crippen molar-refractivity contribution in [3.05, 3.63) is 63.1 Å². The van der Waals surface area contributed by atoms with Crippen LogP contribution in [0, 0.1) is 0 Å². The second-order valence-electron chi connectivity index (χ2n) is 4.14. The van der Waals surface area contributed by atoms with Crippen LogP contribution in [0.3, 0.4) is 0 Å². The van der Waals surface area contributed by atoms with Gasteiger partial charge in [0.25, 0.3) is 5.91 Å². The van der Waals surface area contributed by atoms with Crippen LogP contribution in [0.5, 0.6) is 0 Å². The fourth-order valence-electron chi connectivity index (χ4n) is 1.57. The summed E-state index contributed by atoms with van der Waals surface area (Å²) in [4.78, 5) is 23.6. The first-order valence-corrected chi connectivity index (χ1v) is 7.17. The third-order valence-electron chi connectivity index (χ3n) is 2.58. The lowest BCUT2D eigenvalue weighted by atomic mass is 10.2. The van der Waals surface area contributed by atoms with Gasteiger partial charge in [0.2, 0.25) is 0 Å². The third kappa shape index (κ3) is 4.27. The van der Waals surface area contributed by atoms with Gasteiger partial charge in [-0.15, -0.1) is 0 Å². The Morgan fingerprint density at radius 1 is 0.864 bits per heavy atom. The number of hydrogen-bond acceptors (Lipinski definition) is 2. The zero-order chi connectivity index (χ0) is 16.1. The second kappa shape index (κ2) is 7.35. The molecule has 0 radical (unpaired) electrons. The summed E-state index contributed by atoms with van der Waals surface area (Å²) >= 11 is 17.6. The average molecular weight is 359 g/mol. The molecule has 0 spiro atoms. The van der Waals surface area contributed by atoms with E-state index in [2.05, 4.69) is 16.2 Å². The Morgan fingerprint density at radius 2 is 1.59 bits per heavy atom. The van der Waals surface area contributed by atoms with Crippen LogP contribution in [0.4, 0.5) is 10.5 Å². The Morgan fingerprint density at radius 3 is 2.32 bits per heavy atom. The summed E-state index contributed by atoms with van der Waals surface area (Å²) in [7, 11) is 0. The predicted octanol–water partition coefficient (Wildman–Crippen LogP) is 4.11. The molecule has 3 amide bonds. The highest BCUT2D eigenvalue weighted by Gasteiger charge is 2.12. The Kier molecular flexibility index (Phi) is 5.49. The summed E-state index contributed by atoms with van der Waals surface area (Å²) in [6.45, 7) is 0. The summed E-state index contributed by atoms with van der Waals surface area (Å²) < 4.78 is 0. The lowest BCUT2D eigenvalue weighted by molar-refractivity contribution is 0.0938. The minimum absolute atomic E-state index is 0.146. The molecular formula is C14H10Cl3N3O2. The number of para-hydroxylation sites is 1. The van der Waals surface area contributed by atoms with Crippen molar-refractivity contribution < 1.29 is 9.59 Å². The number of urea groups is 1. The molecule has 0 unspecified atom stereocenters. The van der Waals surface area contributed by atoms with Gasteiger partial charge in [-0.2, -0.15) is 0 Å². The molecular weight excluding hydrogens is 349 g/mol. The number of hydrazine groups is 1. The van der Waals surface area contributed by atoms with E-state index in [1.165, 1.54) is 12.1 Å². The summed E-state index contributed by atoms with van der Waals surface area (Å²) in [6.07, 6.45) is 0. The summed E-state index contributed by atoms with van der Waals surface area (Å²) in [6, 6.07) is 10.5. The van der Waals surface area contributed by atoms with Crippen molar-refractivity contribution in [3.63, 3.8) is 0 Å². The number of carbonyl (C=O) groups is 2. The molecule has 0 aromatic heterocycles. The van der Waals surface area contributed by atoms with Gasteiger partial charge >= 0.3 is 6.03 Å². The Hall–Kier alpha value is -1.95.